The van der Waals surface area contributed by atoms with E-state index in [4.69, 9.17) is 20.9 Å². The zero-order valence-electron chi connectivity index (χ0n) is 14.9. The van der Waals surface area contributed by atoms with E-state index in [1.807, 2.05) is 6.07 Å². The molecule has 0 spiro atoms. The van der Waals surface area contributed by atoms with Crippen LogP contribution in [0.15, 0.2) is 53.1 Å². The molecule has 0 saturated heterocycles. The van der Waals surface area contributed by atoms with Gasteiger partial charge in [-0.3, -0.25) is 9.59 Å². The van der Waals surface area contributed by atoms with Crippen molar-refractivity contribution in [3.63, 3.8) is 0 Å². The van der Waals surface area contributed by atoms with Crippen molar-refractivity contribution in [2.45, 2.75) is 0 Å². The molecule has 1 aromatic heterocycles. The van der Waals surface area contributed by atoms with E-state index in [0.717, 1.165) is 0 Å². The predicted molar refractivity (Wildman–Crippen MR) is 102 cm³/mol. The van der Waals surface area contributed by atoms with E-state index < -0.39 is 5.91 Å². The molecular weight excluding hydrogens is 384 g/mol. The zero-order valence-corrected chi connectivity index (χ0v) is 15.7. The summed E-state index contributed by atoms with van der Waals surface area (Å²) in [7, 11) is 1.50. The number of amides is 2. The SMILES string of the molecule is COc1ccc(Cl)cc1-c1noc(C(=O)NCCNC(=O)c2ccccc2)n1. The molecule has 0 atom stereocenters. The van der Waals surface area contributed by atoms with Crippen LogP contribution in [0.1, 0.15) is 21.0 Å². The number of nitrogens with zero attached hydrogens (tertiary/aromatic N) is 2. The second-order valence-corrected chi connectivity index (χ2v) is 6.08. The van der Waals surface area contributed by atoms with E-state index in [1.54, 1.807) is 42.5 Å². The molecule has 1 heterocycles. The molecule has 0 aliphatic carbocycles. The Hall–Kier alpha value is -3.39. The zero-order chi connectivity index (χ0) is 19.9. The minimum Gasteiger partial charge on any atom is -0.496 e. The Morgan fingerprint density at radius 3 is 2.50 bits per heavy atom. The van der Waals surface area contributed by atoms with E-state index in [0.29, 0.717) is 21.9 Å². The molecule has 0 aliphatic heterocycles. The van der Waals surface area contributed by atoms with Crippen LogP contribution in [0.5, 0.6) is 5.75 Å². The molecule has 0 radical (unpaired) electrons. The summed E-state index contributed by atoms with van der Waals surface area (Å²) in [5, 5.41) is 9.58. The van der Waals surface area contributed by atoms with E-state index in [9.17, 15) is 9.59 Å². The van der Waals surface area contributed by atoms with Crippen LogP contribution < -0.4 is 15.4 Å². The number of hydrogen-bond acceptors (Lipinski definition) is 6. The van der Waals surface area contributed by atoms with Crippen LogP contribution in [0.2, 0.25) is 5.02 Å². The molecule has 0 fully saturated rings. The van der Waals surface area contributed by atoms with E-state index in [-0.39, 0.29) is 30.7 Å². The maximum absolute atomic E-state index is 12.1. The largest absolute Gasteiger partial charge is 0.496 e. The normalized spacial score (nSPS) is 10.4. The van der Waals surface area contributed by atoms with Crippen molar-refractivity contribution in [2.24, 2.45) is 0 Å². The van der Waals surface area contributed by atoms with Gasteiger partial charge in [0.1, 0.15) is 5.75 Å². The lowest BCUT2D eigenvalue weighted by Gasteiger charge is -2.05. The lowest BCUT2D eigenvalue weighted by molar-refractivity contribution is 0.0898. The van der Waals surface area contributed by atoms with Gasteiger partial charge in [-0.15, -0.1) is 0 Å². The molecule has 2 amide bonds. The van der Waals surface area contributed by atoms with Crippen molar-refractivity contribution in [1.82, 2.24) is 20.8 Å². The summed E-state index contributed by atoms with van der Waals surface area (Å²) < 4.78 is 10.3. The van der Waals surface area contributed by atoms with Gasteiger partial charge in [0.15, 0.2) is 0 Å². The third-order valence-electron chi connectivity index (χ3n) is 3.75. The molecular formula is C19H17ClN4O4. The number of hydrogen-bond donors (Lipinski definition) is 2. The summed E-state index contributed by atoms with van der Waals surface area (Å²) in [6.07, 6.45) is 0. The molecule has 2 aromatic carbocycles. The molecule has 2 N–H and O–H groups in total. The maximum atomic E-state index is 12.1. The van der Waals surface area contributed by atoms with Gasteiger partial charge in [0.05, 0.1) is 12.7 Å². The topological polar surface area (TPSA) is 106 Å². The summed E-state index contributed by atoms with van der Waals surface area (Å²) in [5.41, 5.74) is 1.05. The molecule has 0 aliphatic rings. The molecule has 3 aromatic rings. The van der Waals surface area contributed by atoms with Crippen molar-refractivity contribution in [3.05, 3.63) is 65.0 Å². The summed E-state index contributed by atoms with van der Waals surface area (Å²) in [5.74, 6) is -0.286. The third kappa shape index (κ3) is 4.66. The van der Waals surface area contributed by atoms with E-state index in [1.165, 1.54) is 7.11 Å². The van der Waals surface area contributed by atoms with Crippen LogP contribution in [0.3, 0.4) is 0 Å². The fourth-order valence-corrected chi connectivity index (χ4v) is 2.57. The fraction of sp³-hybridized carbons (Fsp3) is 0.158. The van der Waals surface area contributed by atoms with Crippen molar-refractivity contribution < 1.29 is 18.8 Å². The second-order valence-electron chi connectivity index (χ2n) is 5.65. The van der Waals surface area contributed by atoms with E-state index >= 15 is 0 Å². The molecule has 8 nitrogen and oxygen atoms in total. The highest BCUT2D eigenvalue weighted by Gasteiger charge is 2.18. The number of carbonyl (C=O) groups is 2. The van der Waals surface area contributed by atoms with Crippen molar-refractivity contribution in [3.8, 4) is 17.1 Å². The first kappa shape index (κ1) is 19.4. The summed E-state index contributed by atoms with van der Waals surface area (Å²) in [4.78, 5) is 28.1. The lowest BCUT2D eigenvalue weighted by Crippen LogP contribution is -2.34. The van der Waals surface area contributed by atoms with Gasteiger partial charge < -0.3 is 19.9 Å². The van der Waals surface area contributed by atoms with Crippen molar-refractivity contribution in [1.29, 1.82) is 0 Å². The van der Waals surface area contributed by atoms with Crippen LogP contribution >= 0.6 is 11.6 Å². The molecule has 3 rings (SSSR count). The Bertz CT molecular complexity index is 975. The number of ether oxygens (including phenoxy) is 1. The van der Waals surface area contributed by atoms with Gasteiger partial charge in [0.2, 0.25) is 5.82 Å². The van der Waals surface area contributed by atoms with Gasteiger partial charge in [-0.2, -0.15) is 4.98 Å². The number of rotatable bonds is 7. The molecule has 28 heavy (non-hydrogen) atoms. The highest BCUT2D eigenvalue weighted by Crippen LogP contribution is 2.30. The minimum absolute atomic E-state index is 0.182. The van der Waals surface area contributed by atoms with Crippen LogP contribution in [0, 0.1) is 0 Å². The number of benzene rings is 2. The molecule has 0 unspecified atom stereocenters. The first-order valence-corrected chi connectivity index (χ1v) is 8.75. The maximum Gasteiger partial charge on any atom is 0.316 e. The fourth-order valence-electron chi connectivity index (χ4n) is 2.40. The van der Waals surface area contributed by atoms with Crippen molar-refractivity contribution in [2.75, 3.05) is 20.2 Å². The second kappa shape index (κ2) is 9.01. The average Bonchev–Trinajstić information content (AvgIpc) is 3.21. The lowest BCUT2D eigenvalue weighted by atomic mass is 10.2. The Kier molecular flexibility index (Phi) is 6.23. The molecule has 144 valence electrons. The third-order valence-corrected chi connectivity index (χ3v) is 3.99. The number of halogens is 1. The van der Waals surface area contributed by atoms with Crippen LogP contribution in [0.25, 0.3) is 11.4 Å². The number of aromatic nitrogens is 2. The standard InChI is InChI=1S/C19H17ClN4O4/c1-27-15-8-7-13(20)11-14(15)16-23-19(28-24-16)18(26)22-10-9-21-17(25)12-5-3-2-4-6-12/h2-8,11H,9-10H2,1H3,(H,21,25)(H,22,26). The molecule has 9 heteroatoms. The molecule has 0 bridgehead atoms. The van der Waals surface area contributed by atoms with E-state index in [2.05, 4.69) is 20.8 Å². The van der Waals surface area contributed by atoms with Gasteiger partial charge in [-0.1, -0.05) is 35.0 Å². The minimum atomic E-state index is -0.547. The summed E-state index contributed by atoms with van der Waals surface area (Å²) >= 11 is 5.99. The summed E-state index contributed by atoms with van der Waals surface area (Å²) in [6.45, 7) is 0.457. The van der Waals surface area contributed by atoms with Crippen LogP contribution in [-0.2, 0) is 0 Å². The quantitative estimate of drug-likeness (QED) is 0.590. The van der Waals surface area contributed by atoms with Gasteiger partial charge >= 0.3 is 11.8 Å². The predicted octanol–water partition coefficient (Wildman–Crippen LogP) is 2.56. The van der Waals surface area contributed by atoms with Crippen LogP contribution in [0.4, 0.5) is 0 Å². The number of nitrogens with one attached hydrogen (secondary N) is 2. The molecule has 0 saturated carbocycles. The smallest absolute Gasteiger partial charge is 0.316 e. The van der Waals surface area contributed by atoms with Gasteiger partial charge in [0.25, 0.3) is 5.91 Å². The van der Waals surface area contributed by atoms with Crippen LogP contribution in [-0.4, -0.2) is 42.2 Å². The Balaban J connectivity index is 1.55. The number of methoxy groups -OCH3 is 1. The highest BCUT2D eigenvalue weighted by molar-refractivity contribution is 6.30. The Morgan fingerprint density at radius 2 is 1.79 bits per heavy atom. The van der Waals surface area contributed by atoms with Gasteiger partial charge in [-0.05, 0) is 30.3 Å². The van der Waals surface area contributed by atoms with Gasteiger partial charge in [0, 0.05) is 23.7 Å². The van der Waals surface area contributed by atoms with Gasteiger partial charge in [-0.25, -0.2) is 0 Å². The average molecular weight is 401 g/mol. The van der Waals surface area contributed by atoms with Crippen molar-refractivity contribution >= 4 is 23.4 Å². The highest BCUT2D eigenvalue weighted by atomic mass is 35.5. The Morgan fingerprint density at radius 1 is 1.07 bits per heavy atom. The first-order chi connectivity index (χ1) is 13.6. The first-order valence-electron chi connectivity index (χ1n) is 8.37. The Labute approximate surface area is 165 Å². The summed E-state index contributed by atoms with van der Waals surface area (Å²) in [6, 6.07) is 13.7. The number of carbonyl (C=O) groups excluding carboxylic acids is 2. The monoisotopic (exact) mass is 400 g/mol.